The van der Waals surface area contributed by atoms with Gasteiger partial charge in [0.25, 0.3) is 0 Å². The monoisotopic (exact) mass is 374 g/mol. The number of nitrogens with zero attached hydrogens (tertiary/aromatic N) is 2. The topological polar surface area (TPSA) is 6.48 Å². The third-order valence-corrected chi connectivity index (χ3v) is 5.63. The van der Waals surface area contributed by atoms with Gasteiger partial charge in [-0.25, -0.2) is 4.39 Å². The van der Waals surface area contributed by atoms with E-state index in [1.54, 1.807) is 12.1 Å². The van der Waals surface area contributed by atoms with Crippen molar-refractivity contribution in [2.24, 2.45) is 0 Å². The van der Waals surface area contributed by atoms with Gasteiger partial charge in [0.1, 0.15) is 5.82 Å². The molecule has 1 saturated heterocycles. The molecule has 1 atom stereocenters. The van der Waals surface area contributed by atoms with E-state index in [0.29, 0.717) is 6.54 Å². The lowest BCUT2D eigenvalue weighted by atomic mass is 10.0. The van der Waals surface area contributed by atoms with Gasteiger partial charge in [-0.05, 0) is 36.6 Å². The molecule has 0 amide bonds. The van der Waals surface area contributed by atoms with Crippen LogP contribution in [0.15, 0.2) is 72.8 Å². The van der Waals surface area contributed by atoms with Crippen molar-refractivity contribution in [3.63, 3.8) is 0 Å². The van der Waals surface area contributed by atoms with E-state index < -0.39 is 0 Å². The quantitative estimate of drug-likeness (QED) is 0.585. The zero-order valence-electron chi connectivity index (χ0n) is 16.6. The molecule has 0 unspecified atom stereocenters. The van der Waals surface area contributed by atoms with Crippen LogP contribution in [-0.2, 0) is 13.1 Å². The van der Waals surface area contributed by atoms with Crippen LogP contribution in [0.4, 0.5) is 4.39 Å². The summed E-state index contributed by atoms with van der Waals surface area (Å²) in [7, 11) is 0. The average Bonchev–Trinajstić information content (AvgIpc) is 3.06. The third-order valence-electron chi connectivity index (χ3n) is 5.63. The molecule has 144 valence electrons. The van der Waals surface area contributed by atoms with Crippen molar-refractivity contribution >= 4 is 0 Å². The normalized spacial score (nSPS) is 17.9. The van der Waals surface area contributed by atoms with E-state index in [1.807, 2.05) is 12.1 Å². The molecule has 0 aromatic heterocycles. The van der Waals surface area contributed by atoms with Crippen LogP contribution in [0.2, 0.25) is 0 Å². The number of halogens is 1. The highest BCUT2D eigenvalue weighted by Crippen LogP contribution is 2.34. The summed E-state index contributed by atoms with van der Waals surface area (Å²) in [6.07, 6.45) is 0.154. The fourth-order valence-electron chi connectivity index (χ4n) is 4.22. The molecule has 1 heterocycles. The third kappa shape index (κ3) is 4.01. The predicted octanol–water partition coefficient (Wildman–Crippen LogP) is 5.46. The first-order valence-corrected chi connectivity index (χ1v) is 9.94. The standard InChI is InChI=1S/C25H27FN2/c1-19-8-7-10-21(16-19)17-27-14-15-28(18-22-11-4-6-13-24(22)26)25(27)23-12-5-3-9-20(23)2/h3-13,16,25H,14-15,17-18H2,1-2H3/t25-/m0/s1. The molecule has 0 N–H and O–H groups in total. The van der Waals surface area contributed by atoms with Gasteiger partial charge in [-0.2, -0.15) is 0 Å². The summed E-state index contributed by atoms with van der Waals surface area (Å²) in [6.45, 7) is 7.72. The Hall–Kier alpha value is -2.49. The summed E-state index contributed by atoms with van der Waals surface area (Å²) >= 11 is 0. The van der Waals surface area contributed by atoms with Gasteiger partial charge in [0.15, 0.2) is 0 Å². The molecule has 0 saturated carbocycles. The minimum Gasteiger partial charge on any atom is -0.278 e. The van der Waals surface area contributed by atoms with Crippen LogP contribution in [0, 0.1) is 19.7 Å². The Kier molecular flexibility index (Phi) is 5.56. The lowest BCUT2D eigenvalue weighted by Gasteiger charge is -2.32. The van der Waals surface area contributed by atoms with E-state index >= 15 is 0 Å². The Balaban J connectivity index is 1.65. The fourth-order valence-corrected chi connectivity index (χ4v) is 4.22. The lowest BCUT2D eigenvalue weighted by Crippen LogP contribution is -2.31. The molecular weight excluding hydrogens is 347 g/mol. The van der Waals surface area contributed by atoms with Crippen molar-refractivity contribution in [1.82, 2.24) is 9.80 Å². The summed E-state index contributed by atoms with van der Waals surface area (Å²) in [5.74, 6) is -0.122. The molecule has 0 radical (unpaired) electrons. The Morgan fingerprint density at radius 2 is 1.54 bits per heavy atom. The van der Waals surface area contributed by atoms with Gasteiger partial charge in [0.05, 0.1) is 6.17 Å². The molecule has 4 rings (SSSR count). The van der Waals surface area contributed by atoms with Crippen molar-refractivity contribution < 1.29 is 4.39 Å². The molecule has 0 spiro atoms. The molecule has 28 heavy (non-hydrogen) atoms. The first-order valence-electron chi connectivity index (χ1n) is 9.94. The Bertz CT molecular complexity index is 953. The van der Waals surface area contributed by atoms with E-state index in [-0.39, 0.29) is 12.0 Å². The van der Waals surface area contributed by atoms with Gasteiger partial charge in [0, 0.05) is 31.7 Å². The van der Waals surface area contributed by atoms with Crippen molar-refractivity contribution in [1.29, 1.82) is 0 Å². The van der Waals surface area contributed by atoms with Crippen LogP contribution >= 0.6 is 0 Å². The zero-order chi connectivity index (χ0) is 19.5. The fraction of sp³-hybridized carbons (Fsp3) is 0.280. The molecule has 0 aliphatic carbocycles. The van der Waals surface area contributed by atoms with Gasteiger partial charge in [-0.1, -0.05) is 72.3 Å². The van der Waals surface area contributed by atoms with Gasteiger partial charge in [0.2, 0.25) is 0 Å². The molecule has 3 aromatic rings. The van der Waals surface area contributed by atoms with Crippen LogP contribution < -0.4 is 0 Å². The molecule has 3 heteroatoms. The molecule has 2 nitrogen and oxygen atoms in total. The number of aryl methyl sites for hydroxylation is 2. The second kappa shape index (κ2) is 8.26. The average molecular weight is 375 g/mol. The van der Waals surface area contributed by atoms with E-state index in [2.05, 4.69) is 72.2 Å². The van der Waals surface area contributed by atoms with Crippen molar-refractivity contribution in [2.45, 2.75) is 33.1 Å². The lowest BCUT2D eigenvalue weighted by molar-refractivity contribution is 0.124. The van der Waals surface area contributed by atoms with Gasteiger partial charge >= 0.3 is 0 Å². The number of rotatable bonds is 5. The van der Waals surface area contributed by atoms with Gasteiger partial charge in [-0.3, -0.25) is 9.80 Å². The maximum absolute atomic E-state index is 14.3. The zero-order valence-corrected chi connectivity index (χ0v) is 16.6. The minimum atomic E-state index is -0.122. The SMILES string of the molecule is Cc1cccc(CN2CCN(Cc3ccccc3F)[C@H]2c2ccccc2C)c1. The molecular formula is C25H27FN2. The Morgan fingerprint density at radius 3 is 2.29 bits per heavy atom. The summed E-state index contributed by atoms with van der Waals surface area (Å²) in [4.78, 5) is 4.91. The van der Waals surface area contributed by atoms with E-state index in [4.69, 9.17) is 0 Å². The van der Waals surface area contributed by atoms with Crippen LogP contribution in [0.25, 0.3) is 0 Å². The summed E-state index contributed by atoms with van der Waals surface area (Å²) < 4.78 is 14.3. The maximum atomic E-state index is 14.3. The molecule has 3 aromatic carbocycles. The maximum Gasteiger partial charge on any atom is 0.127 e. The Labute approximate surface area is 167 Å². The second-order valence-corrected chi connectivity index (χ2v) is 7.75. The van der Waals surface area contributed by atoms with Crippen molar-refractivity contribution in [3.8, 4) is 0 Å². The first kappa shape index (κ1) is 18.9. The number of hydrogen-bond donors (Lipinski definition) is 0. The highest BCUT2D eigenvalue weighted by atomic mass is 19.1. The smallest absolute Gasteiger partial charge is 0.127 e. The van der Waals surface area contributed by atoms with Crippen LogP contribution in [-0.4, -0.2) is 22.9 Å². The summed E-state index contributed by atoms with van der Waals surface area (Å²) in [5.41, 5.74) is 5.96. The molecule has 0 bridgehead atoms. The highest BCUT2D eigenvalue weighted by molar-refractivity contribution is 5.30. The highest BCUT2D eigenvalue weighted by Gasteiger charge is 2.34. The summed E-state index contributed by atoms with van der Waals surface area (Å²) in [5, 5.41) is 0. The first-order chi connectivity index (χ1) is 13.6. The molecule has 1 fully saturated rings. The summed E-state index contributed by atoms with van der Waals surface area (Å²) in [6, 6.07) is 24.4. The van der Waals surface area contributed by atoms with Crippen molar-refractivity contribution in [2.75, 3.05) is 13.1 Å². The van der Waals surface area contributed by atoms with E-state index in [1.165, 1.54) is 22.3 Å². The second-order valence-electron chi connectivity index (χ2n) is 7.75. The molecule has 1 aliphatic rings. The Morgan fingerprint density at radius 1 is 0.821 bits per heavy atom. The van der Waals surface area contributed by atoms with Gasteiger partial charge in [-0.15, -0.1) is 0 Å². The van der Waals surface area contributed by atoms with Crippen LogP contribution in [0.5, 0.6) is 0 Å². The van der Waals surface area contributed by atoms with Crippen LogP contribution in [0.1, 0.15) is 34.0 Å². The van der Waals surface area contributed by atoms with Crippen LogP contribution in [0.3, 0.4) is 0 Å². The number of benzene rings is 3. The number of hydrogen-bond acceptors (Lipinski definition) is 2. The van der Waals surface area contributed by atoms with E-state index in [9.17, 15) is 4.39 Å². The molecule has 1 aliphatic heterocycles. The minimum absolute atomic E-state index is 0.122. The van der Waals surface area contributed by atoms with Gasteiger partial charge < -0.3 is 0 Å². The van der Waals surface area contributed by atoms with Crippen molar-refractivity contribution in [3.05, 3.63) is 106 Å². The van der Waals surface area contributed by atoms with E-state index in [0.717, 1.165) is 25.2 Å². The largest absolute Gasteiger partial charge is 0.278 e. The predicted molar refractivity (Wildman–Crippen MR) is 112 cm³/mol.